The van der Waals surface area contributed by atoms with Crippen LogP contribution in [0.3, 0.4) is 0 Å². The Kier molecular flexibility index (Phi) is 6.70. The molecule has 8 heteroatoms. The minimum absolute atomic E-state index is 0.115. The number of sulfonamides is 1. The molecule has 0 aromatic heterocycles. The van der Waals surface area contributed by atoms with Gasteiger partial charge in [-0.1, -0.05) is 51.8 Å². The molecular weight excluding hydrogens is 470 g/mol. The van der Waals surface area contributed by atoms with E-state index in [-0.39, 0.29) is 10.6 Å². The maximum Gasteiger partial charge on any atom is 0.261 e. The van der Waals surface area contributed by atoms with Crippen LogP contribution in [0.1, 0.15) is 22.8 Å². The molecule has 2 N–H and O–H groups in total. The first-order valence-electron chi connectivity index (χ1n) is 9.04. The van der Waals surface area contributed by atoms with Gasteiger partial charge >= 0.3 is 0 Å². The number of aliphatic hydroxyl groups is 1. The lowest BCUT2D eigenvalue weighted by Crippen LogP contribution is -2.16. The Morgan fingerprint density at radius 3 is 2.13 bits per heavy atom. The highest BCUT2D eigenvalue weighted by molar-refractivity contribution is 9.10. The van der Waals surface area contributed by atoms with Crippen molar-refractivity contribution in [2.75, 3.05) is 18.9 Å². The lowest BCUT2D eigenvalue weighted by Gasteiger charge is -2.21. The van der Waals surface area contributed by atoms with Gasteiger partial charge < -0.3 is 14.6 Å². The number of hydrogen-bond donors (Lipinski definition) is 2. The molecule has 3 aromatic carbocycles. The summed E-state index contributed by atoms with van der Waals surface area (Å²) in [6.07, 6.45) is -1.11. The number of rotatable bonds is 7. The van der Waals surface area contributed by atoms with Gasteiger partial charge in [-0.2, -0.15) is 0 Å². The first-order chi connectivity index (χ1) is 14.3. The van der Waals surface area contributed by atoms with E-state index < -0.39 is 16.1 Å². The van der Waals surface area contributed by atoms with Crippen molar-refractivity contribution in [1.29, 1.82) is 0 Å². The van der Waals surface area contributed by atoms with Gasteiger partial charge in [0, 0.05) is 16.1 Å². The van der Waals surface area contributed by atoms with Crippen molar-refractivity contribution in [3.05, 3.63) is 81.8 Å². The number of benzene rings is 3. The number of aryl methyl sites for hydroxylation is 1. The van der Waals surface area contributed by atoms with E-state index in [2.05, 4.69) is 20.7 Å². The van der Waals surface area contributed by atoms with Crippen LogP contribution in [0.4, 0.5) is 5.69 Å². The van der Waals surface area contributed by atoms with Gasteiger partial charge in [-0.05, 0) is 36.8 Å². The molecule has 0 radical (unpaired) electrons. The molecule has 0 amide bonds. The SMILES string of the molecule is COc1cc(NS(=O)(=O)c2ccc(C)cc2)c(C(O)c2ccccc2Br)cc1OC. The third-order valence-corrected chi connectivity index (χ3v) is 6.73. The quantitative estimate of drug-likeness (QED) is 0.502. The number of aliphatic hydroxyl groups excluding tert-OH is 1. The van der Waals surface area contributed by atoms with Gasteiger partial charge in [0.15, 0.2) is 11.5 Å². The summed E-state index contributed by atoms with van der Waals surface area (Å²) in [4.78, 5) is 0.115. The zero-order valence-electron chi connectivity index (χ0n) is 16.7. The van der Waals surface area contributed by atoms with Gasteiger partial charge in [-0.3, -0.25) is 4.72 Å². The fraction of sp³-hybridized carbons (Fsp3) is 0.182. The third kappa shape index (κ3) is 4.61. The first-order valence-corrected chi connectivity index (χ1v) is 11.3. The molecule has 6 nitrogen and oxygen atoms in total. The summed E-state index contributed by atoms with van der Waals surface area (Å²) in [6.45, 7) is 1.88. The molecule has 3 rings (SSSR count). The molecule has 0 bridgehead atoms. The number of anilines is 1. The van der Waals surface area contributed by atoms with E-state index in [0.29, 0.717) is 27.1 Å². The molecule has 30 heavy (non-hydrogen) atoms. The minimum Gasteiger partial charge on any atom is -0.493 e. The second-order valence-corrected chi connectivity index (χ2v) is 9.17. The molecule has 0 aliphatic heterocycles. The molecule has 0 fully saturated rings. The van der Waals surface area contributed by atoms with Crippen LogP contribution in [0.25, 0.3) is 0 Å². The molecule has 3 aromatic rings. The lowest BCUT2D eigenvalue weighted by atomic mass is 9.99. The Hall–Kier alpha value is -2.55. The topological polar surface area (TPSA) is 84.9 Å². The molecule has 0 saturated heterocycles. The van der Waals surface area contributed by atoms with Crippen molar-refractivity contribution in [3.8, 4) is 11.5 Å². The second-order valence-electron chi connectivity index (χ2n) is 6.64. The largest absolute Gasteiger partial charge is 0.493 e. The van der Waals surface area contributed by atoms with Gasteiger partial charge in [0.1, 0.15) is 6.10 Å². The summed E-state index contributed by atoms with van der Waals surface area (Å²) in [5.41, 5.74) is 2.05. The van der Waals surface area contributed by atoms with Crippen molar-refractivity contribution >= 4 is 31.6 Å². The van der Waals surface area contributed by atoms with Gasteiger partial charge in [-0.25, -0.2) is 8.42 Å². The Morgan fingerprint density at radius 1 is 0.933 bits per heavy atom. The maximum atomic E-state index is 13.0. The van der Waals surface area contributed by atoms with Crippen molar-refractivity contribution in [1.82, 2.24) is 0 Å². The smallest absolute Gasteiger partial charge is 0.261 e. The summed E-state index contributed by atoms with van der Waals surface area (Å²) in [6, 6.07) is 16.7. The van der Waals surface area contributed by atoms with E-state index in [1.54, 1.807) is 36.4 Å². The fourth-order valence-corrected chi connectivity index (χ4v) is 4.57. The molecule has 0 aliphatic carbocycles. The number of nitrogens with one attached hydrogen (secondary N) is 1. The lowest BCUT2D eigenvalue weighted by molar-refractivity contribution is 0.219. The van der Waals surface area contributed by atoms with E-state index in [1.807, 2.05) is 13.0 Å². The molecule has 1 unspecified atom stereocenters. The standard InChI is InChI=1S/C22H22BrNO5S/c1-14-8-10-15(11-9-14)30(26,27)24-19-13-21(29-3)20(28-2)12-17(19)22(25)16-6-4-5-7-18(16)23/h4-13,22,24-25H,1-3H3. The monoisotopic (exact) mass is 491 g/mol. The van der Waals surface area contributed by atoms with Crippen molar-refractivity contribution in [2.24, 2.45) is 0 Å². The average Bonchev–Trinajstić information content (AvgIpc) is 2.73. The Morgan fingerprint density at radius 2 is 1.53 bits per heavy atom. The summed E-state index contributed by atoms with van der Waals surface area (Å²) >= 11 is 3.43. The van der Waals surface area contributed by atoms with Crippen LogP contribution in [0.15, 0.2) is 70.0 Å². The Bertz CT molecular complexity index is 1150. The minimum atomic E-state index is -3.89. The van der Waals surface area contributed by atoms with Crippen molar-refractivity contribution in [3.63, 3.8) is 0 Å². The molecule has 0 spiro atoms. The third-order valence-electron chi connectivity index (χ3n) is 4.63. The van der Waals surface area contributed by atoms with E-state index in [0.717, 1.165) is 5.56 Å². The van der Waals surface area contributed by atoms with Crippen LogP contribution < -0.4 is 14.2 Å². The zero-order chi connectivity index (χ0) is 21.9. The number of ether oxygens (including phenoxy) is 2. The molecule has 1 atom stereocenters. The summed E-state index contributed by atoms with van der Waals surface area (Å²) in [7, 11) is -0.959. The second kappa shape index (κ2) is 9.07. The summed E-state index contributed by atoms with van der Waals surface area (Å²) in [5, 5.41) is 11.1. The normalized spacial score (nSPS) is 12.3. The van der Waals surface area contributed by atoms with E-state index in [4.69, 9.17) is 9.47 Å². The molecule has 0 saturated carbocycles. The maximum absolute atomic E-state index is 13.0. The summed E-state index contributed by atoms with van der Waals surface area (Å²) < 4.78 is 39.9. The number of hydrogen-bond acceptors (Lipinski definition) is 5. The van der Waals surface area contributed by atoms with Crippen LogP contribution in [-0.2, 0) is 10.0 Å². The van der Waals surface area contributed by atoms with Gasteiger partial charge in [0.05, 0.1) is 24.8 Å². The van der Waals surface area contributed by atoms with E-state index in [9.17, 15) is 13.5 Å². The predicted octanol–water partition coefficient (Wildman–Crippen LogP) is 4.66. The molecule has 0 heterocycles. The van der Waals surface area contributed by atoms with Crippen molar-refractivity contribution < 1.29 is 23.0 Å². The Balaban J connectivity index is 2.12. The zero-order valence-corrected chi connectivity index (χ0v) is 19.1. The van der Waals surface area contributed by atoms with Crippen LogP contribution in [0.2, 0.25) is 0 Å². The fourth-order valence-electron chi connectivity index (χ4n) is 2.99. The van der Waals surface area contributed by atoms with Crippen LogP contribution in [-0.4, -0.2) is 27.7 Å². The number of halogens is 1. The highest BCUT2D eigenvalue weighted by Gasteiger charge is 2.24. The average molecular weight is 492 g/mol. The van der Waals surface area contributed by atoms with Gasteiger partial charge in [0.2, 0.25) is 0 Å². The highest BCUT2D eigenvalue weighted by Crippen LogP contribution is 2.40. The predicted molar refractivity (Wildman–Crippen MR) is 120 cm³/mol. The van der Waals surface area contributed by atoms with Gasteiger partial charge in [0.25, 0.3) is 10.0 Å². The van der Waals surface area contributed by atoms with Gasteiger partial charge in [-0.15, -0.1) is 0 Å². The first kappa shape index (κ1) is 22.1. The Labute approximate surface area is 184 Å². The van der Waals surface area contributed by atoms with Crippen molar-refractivity contribution in [2.45, 2.75) is 17.9 Å². The molecule has 0 aliphatic rings. The number of methoxy groups -OCH3 is 2. The molecular formula is C22H22BrNO5S. The van der Waals surface area contributed by atoms with Crippen LogP contribution in [0, 0.1) is 6.92 Å². The van der Waals surface area contributed by atoms with E-state index in [1.165, 1.54) is 32.4 Å². The molecule has 158 valence electrons. The van der Waals surface area contributed by atoms with Crippen LogP contribution in [0.5, 0.6) is 11.5 Å². The highest BCUT2D eigenvalue weighted by atomic mass is 79.9. The van der Waals surface area contributed by atoms with E-state index >= 15 is 0 Å². The van der Waals surface area contributed by atoms with Crippen LogP contribution >= 0.6 is 15.9 Å². The summed E-state index contributed by atoms with van der Waals surface area (Å²) in [5.74, 6) is 0.707.